The van der Waals surface area contributed by atoms with E-state index >= 15 is 0 Å². The molecule has 3 aromatic carbocycles. The predicted molar refractivity (Wildman–Crippen MR) is 128 cm³/mol. The maximum absolute atomic E-state index is 12.7. The lowest BCUT2D eigenvalue weighted by molar-refractivity contribution is -0.118. The van der Waals surface area contributed by atoms with Gasteiger partial charge in [0.15, 0.2) is 6.61 Å². The van der Waals surface area contributed by atoms with Crippen LogP contribution in [-0.2, 0) is 9.59 Å². The molecule has 1 aliphatic heterocycles. The van der Waals surface area contributed by atoms with E-state index in [4.69, 9.17) is 9.47 Å². The molecule has 1 heterocycles. The third-order valence-electron chi connectivity index (χ3n) is 4.74. The van der Waals surface area contributed by atoms with Gasteiger partial charge in [-0.05, 0) is 59.8 Å². The first-order valence-corrected chi connectivity index (χ1v) is 10.9. The van der Waals surface area contributed by atoms with E-state index in [1.165, 1.54) is 7.11 Å². The molecule has 0 atom stereocenters. The third kappa shape index (κ3) is 5.24. The molecule has 0 saturated carbocycles. The summed E-state index contributed by atoms with van der Waals surface area (Å²) in [7, 11) is 1.53. The van der Waals surface area contributed by atoms with Crippen LogP contribution in [0, 0.1) is 0 Å². The summed E-state index contributed by atoms with van der Waals surface area (Å²) in [6.07, 6.45) is 1.66. The van der Waals surface area contributed by atoms with E-state index in [1.54, 1.807) is 72.8 Å². The second-order valence-corrected chi connectivity index (χ2v) is 7.95. The number of carbonyl (C=O) groups is 3. The molecule has 1 aliphatic rings. The summed E-state index contributed by atoms with van der Waals surface area (Å²) in [6, 6.07) is 22.8. The van der Waals surface area contributed by atoms with Crippen LogP contribution in [0.5, 0.6) is 11.5 Å². The second kappa shape index (κ2) is 10.1. The maximum atomic E-state index is 12.7. The standard InChI is InChI=1S/C25H20N2O5S/c1-31-21-10-6-5-9-20(21)26-23(28)16-32-19-13-11-17(12-14-19)15-22-24(29)27(25(30)33-22)18-7-3-2-4-8-18/h2-15H,16H2,1H3,(H,26,28)/b22-15+. The number of hydrogen-bond acceptors (Lipinski definition) is 6. The smallest absolute Gasteiger partial charge is 0.298 e. The Labute approximate surface area is 195 Å². The molecule has 1 N–H and O–H groups in total. The van der Waals surface area contributed by atoms with Crippen molar-refractivity contribution in [1.29, 1.82) is 0 Å². The van der Waals surface area contributed by atoms with Gasteiger partial charge in [-0.1, -0.05) is 42.5 Å². The molecule has 8 heteroatoms. The van der Waals surface area contributed by atoms with E-state index in [-0.39, 0.29) is 23.7 Å². The number of amides is 3. The van der Waals surface area contributed by atoms with Gasteiger partial charge in [0.25, 0.3) is 17.1 Å². The van der Waals surface area contributed by atoms with Crippen LogP contribution >= 0.6 is 11.8 Å². The molecule has 3 aromatic rings. The Morgan fingerprint density at radius 1 is 0.970 bits per heavy atom. The molecule has 1 saturated heterocycles. The highest BCUT2D eigenvalue weighted by Gasteiger charge is 2.36. The van der Waals surface area contributed by atoms with Crippen molar-refractivity contribution in [3.63, 3.8) is 0 Å². The molecule has 1 fully saturated rings. The average molecular weight is 461 g/mol. The number of thioether (sulfide) groups is 1. The van der Waals surface area contributed by atoms with Gasteiger partial charge in [0.2, 0.25) is 0 Å². The number of anilines is 2. The topological polar surface area (TPSA) is 84.9 Å². The predicted octanol–water partition coefficient (Wildman–Crippen LogP) is 4.95. The van der Waals surface area contributed by atoms with Crippen LogP contribution in [0.1, 0.15) is 5.56 Å². The summed E-state index contributed by atoms with van der Waals surface area (Å²) in [4.78, 5) is 38.7. The van der Waals surface area contributed by atoms with E-state index in [0.29, 0.717) is 27.8 Å². The summed E-state index contributed by atoms with van der Waals surface area (Å²) < 4.78 is 10.8. The molecule has 7 nitrogen and oxygen atoms in total. The minimum atomic E-state index is -0.357. The normalized spacial score (nSPS) is 14.5. The first-order valence-electron chi connectivity index (χ1n) is 10.0. The van der Waals surface area contributed by atoms with Gasteiger partial charge in [0.05, 0.1) is 23.4 Å². The van der Waals surface area contributed by atoms with Crippen molar-refractivity contribution < 1.29 is 23.9 Å². The van der Waals surface area contributed by atoms with Gasteiger partial charge in [-0.25, -0.2) is 4.90 Å². The van der Waals surface area contributed by atoms with Crippen LogP contribution in [0.15, 0.2) is 83.8 Å². The molecule has 0 spiro atoms. The van der Waals surface area contributed by atoms with Crippen molar-refractivity contribution in [2.75, 3.05) is 23.9 Å². The fourth-order valence-corrected chi connectivity index (χ4v) is 4.00. The summed E-state index contributed by atoms with van der Waals surface area (Å²) in [6.45, 7) is -0.173. The van der Waals surface area contributed by atoms with Crippen LogP contribution in [0.2, 0.25) is 0 Å². The fourth-order valence-electron chi connectivity index (χ4n) is 3.16. The number of carbonyl (C=O) groups excluding carboxylic acids is 3. The highest BCUT2D eigenvalue weighted by Crippen LogP contribution is 2.35. The van der Waals surface area contributed by atoms with Gasteiger partial charge in [-0.3, -0.25) is 14.4 Å². The molecule has 0 bridgehead atoms. The Bertz CT molecular complexity index is 1210. The van der Waals surface area contributed by atoms with Crippen molar-refractivity contribution in [1.82, 2.24) is 0 Å². The molecular formula is C25H20N2O5S. The molecule has 0 radical (unpaired) electrons. The monoisotopic (exact) mass is 460 g/mol. The van der Waals surface area contributed by atoms with E-state index < -0.39 is 0 Å². The highest BCUT2D eigenvalue weighted by molar-refractivity contribution is 8.19. The molecule has 33 heavy (non-hydrogen) atoms. The minimum absolute atomic E-state index is 0.173. The van der Waals surface area contributed by atoms with Gasteiger partial charge in [-0.2, -0.15) is 0 Å². The SMILES string of the molecule is COc1ccccc1NC(=O)COc1ccc(/C=C2/SC(=O)N(c3ccccc3)C2=O)cc1. The second-order valence-electron chi connectivity index (χ2n) is 6.96. The van der Waals surface area contributed by atoms with Crippen molar-refractivity contribution in [2.45, 2.75) is 0 Å². The third-order valence-corrected chi connectivity index (χ3v) is 5.61. The number of benzene rings is 3. The summed E-state index contributed by atoms with van der Waals surface area (Å²) in [5.74, 6) is 0.384. The molecular weight excluding hydrogens is 440 g/mol. The van der Waals surface area contributed by atoms with Gasteiger partial charge >= 0.3 is 0 Å². The van der Waals surface area contributed by atoms with E-state index in [2.05, 4.69) is 5.32 Å². The zero-order chi connectivity index (χ0) is 23.2. The summed E-state index contributed by atoms with van der Waals surface area (Å²) in [5, 5.41) is 2.41. The van der Waals surface area contributed by atoms with Gasteiger partial charge in [0.1, 0.15) is 11.5 Å². The quantitative estimate of drug-likeness (QED) is 0.502. The highest BCUT2D eigenvalue weighted by atomic mass is 32.2. The number of nitrogens with zero attached hydrogens (tertiary/aromatic N) is 1. The van der Waals surface area contributed by atoms with E-state index in [0.717, 1.165) is 22.2 Å². The molecule has 4 rings (SSSR count). The van der Waals surface area contributed by atoms with Crippen molar-refractivity contribution >= 4 is 46.3 Å². The van der Waals surface area contributed by atoms with Crippen LogP contribution in [0.3, 0.4) is 0 Å². The summed E-state index contributed by atoms with van der Waals surface area (Å²) in [5.41, 5.74) is 1.84. The molecule has 0 aliphatic carbocycles. The van der Waals surface area contributed by atoms with E-state index in [1.807, 2.05) is 12.1 Å². The number of imide groups is 1. The summed E-state index contributed by atoms with van der Waals surface area (Å²) >= 11 is 0.898. The van der Waals surface area contributed by atoms with Gasteiger partial charge in [0, 0.05) is 0 Å². The lowest BCUT2D eigenvalue weighted by atomic mass is 10.2. The molecule has 0 aromatic heterocycles. The zero-order valence-corrected chi connectivity index (χ0v) is 18.5. The van der Waals surface area contributed by atoms with E-state index in [9.17, 15) is 14.4 Å². The lowest BCUT2D eigenvalue weighted by Crippen LogP contribution is -2.27. The van der Waals surface area contributed by atoms with Crippen molar-refractivity contribution in [3.8, 4) is 11.5 Å². The Hall–Kier alpha value is -4.04. The fraction of sp³-hybridized carbons (Fsp3) is 0.0800. The average Bonchev–Trinajstić information content (AvgIpc) is 3.12. The Kier molecular flexibility index (Phi) is 6.75. The van der Waals surface area contributed by atoms with Gasteiger partial charge in [-0.15, -0.1) is 0 Å². The van der Waals surface area contributed by atoms with Crippen molar-refractivity contribution in [3.05, 3.63) is 89.3 Å². The number of hydrogen-bond donors (Lipinski definition) is 1. The maximum Gasteiger partial charge on any atom is 0.298 e. The number of methoxy groups -OCH3 is 1. The lowest BCUT2D eigenvalue weighted by Gasteiger charge is -2.11. The largest absolute Gasteiger partial charge is 0.495 e. The molecule has 3 amide bonds. The number of nitrogens with one attached hydrogen (secondary N) is 1. The minimum Gasteiger partial charge on any atom is -0.495 e. The van der Waals surface area contributed by atoms with Crippen LogP contribution < -0.4 is 19.7 Å². The Morgan fingerprint density at radius 3 is 2.39 bits per heavy atom. The van der Waals surface area contributed by atoms with Crippen LogP contribution in [-0.4, -0.2) is 30.8 Å². The first kappa shape index (κ1) is 22.2. The molecule has 0 unspecified atom stereocenters. The van der Waals surface area contributed by atoms with Crippen LogP contribution in [0.25, 0.3) is 6.08 Å². The number of ether oxygens (including phenoxy) is 2. The Morgan fingerprint density at radius 2 is 1.67 bits per heavy atom. The van der Waals surface area contributed by atoms with Crippen molar-refractivity contribution in [2.24, 2.45) is 0 Å². The Balaban J connectivity index is 1.36. The number of para-hydroxylation sites is 3. The zero-order valence-electron chi connectivity index (χ0n) is 17.7. The number of rotatable bonds is 7. The van der Waals surface area contributed by atoms with Crippen LogP contribution in [0.4, 0.5) is 16.2 Å². The first-order chi connectivity index (χ1) is 16.0. The molecule has 166 valence electrons. The van der Waals surface area contributed by atoms with Gasteiger partial charge < -0.3 is 14.8 Å².